The predicted molar refractivity (Wildman–Crippen MR) is 62.9 cm³/mol. The van der Waals surface area contributed by atoms with Crippen molar-refractivity contribution in [2.45, 2.75) is 13.0 Å². The highest BCUT2D eigenvalue weighted by atomic mass is 32.1. The van der Waals surface area contributed by atoms with Gasteiger partial charge >= 0.3 is 5.97 Å². The number of carboxylic acid groups (broad SMARTS) is 1. The number of likely N-dealkylation sites (N-methyl/N-ethyl adjacent to an activating group) is 1. The molecule has 5 nitrogen and oxygen atoms in total. The van der Waals surface area contributed by atoms with Crippen LogP contribution in [0.2, 0.25) is 0 Å². The van der Waals surface area contributed by atoms with E-state index >= 15 is 0 Å². The van der Waals surface area contributed by atoms with Gasteiger partial charge in [0.15, 0.2) is 5.65 Å². The number of fused-ring (bicyclic) bond motifs is 1. The number of aromatic nitrogens is 2. The van der Waals surface area contributed by atoms with E-state index in [1.807, 2.05) is 6.07 Å². The maximum Gasteiger partial charge on any atom is 0.326 e. The molecule has 0 amide bonds. The van der Waals surface area contributed by atoms with E-state index in [4.69, 9.17) is 5.11 Å². The fourth-order valence-electron chi connectivity index (χ4n) is 1.30. The third-order valence-corrected chi connectivity index (χ3v) is 3.26. The van der Waals surface area contributed by atoms with Crippen LogP contribution in [0.25, 0.3) is 10.3 Å². The lowest BCUT2D eigenvalue weighted by Gasteiger charge is -2.22. The van der Waals surface area contributed by atoms with Gasteiger partial charge in [-0.05, 0) is 19.1 Å². The Kier molecular flexibility index (Phi) is 2.74. The van der Waals surface area contributed by atoms with Crippen LogP contribution < -0.4 is 4.90 Å². The third kappa shape index (κ3) is 1.83. The number of rotatable bonds is 3. The minimum atomic E-state index is -0.873. The summed E-state index contributed by atoms with van der Waals surface area (Å²) < 4.78 is 1.00. The summed E-state index contributed by atoms with van der Waals surface area (Å²) in [5, 5.41) is 8.90. The quantitative estimate of drug-likeness (QED) is 0.878. The third-order valence-electron chi connectivity index (χ3n) is 2.48. The van der Waals surface area contributed by atoms with Crippen molar-refractivity contribution >= 4 is 33.5 Å². The van der Waals surface area contributed by atoms with Gasteiger partial charge < -0.3 is 10.0 Å². The van der Waals surface area contributed by atoms with E-state index in [9.17, 15) is 4.79 Å². The first-order valence-electron chi connectivity index (χ1n) is 4.75. The molecule has 0 aliphatic heterocycles. The molecule has 0 aliphatic carbocycles. The first-order chi connectivity index (χ1) is 7.59. The van der Waals surface area contributed by atoms with Gasteiger partial charge in [0.1, 0.15) is 11.9 Å². The first kappa shape index (κ1) is 10.8. The van der Waals surface area contributed by atoms with Crippen LogP contribution in [-0.4, -0.2) is 34.1 Å². The monoisotopic (exact) mass is 237 g/mol. The highest BCUT2D eigenvalue weighted by molar-refractivity contribution is 7.16. The molecule has 1 atom stereocenters. The molecule has 0 aliphatic rings. The smallest absolute Gasteiger partial charge is 0.326 e. The van der Waals surface area contributed by atoms with Crippen LogP contribution in [0.5, 0.6) is 0 Å². The van der Waals surface area contributed by atoms with Gasteiger partial charge in [-0.1, -0.05) is 0 Å². The van der Waals surface area contributed by atoms with E-state index in [0.717, 1.165) is 4.70 Å². The molecule has 0 aromatic carbocycles. The lowest BCUT2D eigenvalue weighted by Crippen LogP contribution is -2.36. The van der Waals surface area contributed by atoms with Gasteiger partial charge in [0.25, 0.3) is 0 Å². The molecule has 2 rings (SSSR count). The standard InChI is InChI=1S/C10H11N3O2S/c1-6(10(14)15)13(2)8-4-3-7-9(12-8)11-5-16-7/h3-6H,1-2H3,(H,14,15). The maximum absolute atomic E-state index is 10.8. The zero-order valence-electron chi connectivity index (χ0n) is 8.91. The van der Waals surface area contributed by atoms with E-state index in [-0.39, 0.29) is 0 Å². The van der Waals surface area contributed by atoms with Gasteiger partial charge in [0, 0.05) is 7.05 Å². The minimum absolute atomic E-state index is 0.608. The zero-order chi connectivity index (χ0) is 11.7. The number of hydrogen-bond donors (Lipinski definition) is 1. The molecular weight excluding hydrogens is 226 g/mol. The zero-order valence-corrected chi connectivity index (χ0v) is 9.73. The van der Waals surface area contributed by atoms with Crippen molar-refractivity contribution in [1.29, 1.82) is 0 Å². The second-order valence-corrected chi connectivity index (χ2v) is 4.36. The van der Waals surface area contributed by atoms with Crippen molar-refractivity contribution in [2.24, 2.45) is 0 Å². The molecule has 2 aromatic heterocycles. The number of hydrogen-bond acceptors (Lipinski definition) is 5. The summed E-state index contributed by atoms with van der Waals surface area (Å²) in [6.45, 7) is 1.62. The first-order valence-corrected chi connectivity index (χ1v) is 5.63. The summed E-state index contributed by atoms with van der Waals surface area (Å²) in [7, 11) is 1.71. The normalized spacial score (nSPS) is 12.6. The van der Waals surface area contributed by atoms with Crippen LogP contribution in [0.1, 0.15) is 6.92 Å². The number of nitrogens with zero attached hydrogens (tertiary/aromatic N) is 3. The Morgan fingerprint density at radius 2 is 2.31 bits per heavy atom. The van der Waals surface area contributed by atoms with Crippen LogP contribution in [0, 0.1) is 0 Å². The Hall–Kier alpha value is -1.69. The second-order valence-electron chi connectivity index (χ2n) is 3.47. The van der Waals surface area contributed by atoms with Gasteiger partial charge in [0.2, 0.25) is 0 Å². The molecule has 1 N–H and O–H groups in total. The molecule has 0 fully saturated rings. The average Bonchev–Trinajstić information content (AvgIpc) is 2.73. The van der Waals surface area contributed by atoms with Crippen molar-refractivity contribution < 1.29 is 9.90 Å². The van der Waals surface area contributed by atoms with Crippen molar-refractivity contribution in [3.63, 3.8) is 0 Å². The number of carboxylic acids is 1. The van der Waals surface area contributed by atoms with Gasteiger partial charge in [0.05, 0.1) is 10.2 Å². The van der Waals surface area contributed by atoms with Gasteiger partial charge in [-0.15, -0.1) is 11.3 Å². The average molecular weight is 237 g/mol. The molecule has 6 heteroatoms. The Morgan fingerprint density at radius 1 is 1.56 bits per heavy atom. The highest BCUT2D eigenvalue weighted by Gasteiger charge is 2.18. The summed E-state index contributed by atoms with van der Waals surface area (Å²) in [5.41, 5.74) is 2.38. The van der Waals surface area contributed by atoms with E-state index in [0.29, 0.717) is 11.5 Å². The molecular formula is C10H11N3O2S. The van der Waals surface area contributed by atoms with Gasteiger partial charge in [-0.3, -0.25) is 0 Å². The highest BCUT2D eigenvalue weighted by Crippen LogP contribution is 2.20. The lowest BCUT2D eigenvalue weighted by molar-refractivity contribution is -0.138. The Morgan fingerprint density at radius 3 is 3.00 bits per heavy atom. The van der Waals surface area contributed by atoms with Gasteiger partial charge in [-0.2, -0.15) is 0 Å². The van der Waals surface area contributed by atoms with Crippen molar-refractivity contribution in [3.05, 3.63) is 17.6 Å². The predicted octanol–water partition coefficient (Wildman–Crippen LogP) is 1.60. The van der Waals surface area contributed by atoms with Crippen LogP contribution in [0.3, 0.4) is 0 Å². The molecule has 2 aromatic rings. The molecule has 1 unspecified atom stereocenters. The topological polar surface area (TPSA) is 66.3 Å². The van der Waals surface area contributed by atoms with Crippen molar-refractivity contribution in [1.82, 2.24) is 9.97 Å². The summed E-state index contributed by atoms with van der Waals surface area (Å²) in [5.74, 6) is -0.254. The molecule has 2 heterocycles. The number of thiazole rings is 1. The number of anilines is 1. The summed E-state index contributed by atoms with van der Waals surface area (Å²) in [6.07, 6.45) is 0. The molecule has 0 spiro atoms. The summed E-state index contributed by atoms with van der Waals surface area (Å²) in [4.78, 5) is 20.9. The maximum atomic E-state index is 10.8. The van der Waals surface area contributed by atoms with E-state index in [2.05, 4.69) is 9.97 Å². The molecule has 0 saturated heterocycles. The number of carbonyl (C=O) groups is 1. The molecule has 0 bridgehead atoms. The molecule has 0 saturated carbocycles. The largest absolute Gasteiger partial charge is 0.480 e. The van der Waals surface area contributed by atoms with Crippen molar-refractivity contribution in [3.8, 4) is 0 Å². The van der Waals surface area contributed by atoms with Crippen LogP contribution in [-0.2, 0) is 4.79 Å². The van der Waals surface area contributed by atoms with Crippen LogP contribution >= 0.6 is 11.3 Å². The van der Waals surface area contributed by atoms with Crippen LogP contribution in [0.4, 0.5) is 5.82 Å². The Balaban J connectivity index is 2.35. The molecule has 0 radical (unpaired) electrons. The molecule has 16 heavy (non-hydrogen) atoms. The minimum Gasteiger partial charge on any atom is -0.480 e. The second kappa shape index (κ2) is 4.05. The summed E-state index contributed by atoms with van der Waals surface area (Å²) >= 11 is 1.51. The van der Waals surface area contributed by atoms with Gasteiger partial charge in [-0.25, -0.2) is 14.8 Å². The van der Waals surface area contributed by atoms with E-state index in [1.165, 1.54) is 11.3 Å². The van der Waals surface area contributed by atoms with Crippen molar-refractivity contribution in [2.75, 3.05) is 11.9 Å². The fraction of sp³-hybridized carbons (Fsp3) is 0.300. The Labute approximate surface area is 96.4 Å². The Bertz CT molecular complexity index is 526. The lowest BCUT2D eigenvalue weighted by atomic mass is 10.3. The van der Waals surface area contributed by atoms with E-state index < -0.39 is 12.0 Å². The fourth-order valence-corrected chi connectivity index (χ4v) is 1.92. The number of pyridine rings is 1. The number of aliphatic carboxylic acids is 1. The van der Waals surface area contributed by atoms with Crippen LogP contribution in [0.15, 0.2) is 17.6 Å². The summed E-state index contributed by atoms with van der Waals surface area (Å²) in [6, 6.07) is 3.10. The SMILES string of the molecule is CC(C(=O)O)N(C)c1ccc2scnc2n1. The molecule has 84 valence electrons. The van der Waals surface area contributed by atoms with E-state index in [1.54, 1.807) is 30.4 Å².